The molecule has 5 nitrogen and oxygen atoms in total. The van der Waals surface area contributed by atoms with Crippen molar-refractivity contribution >= 4 is 21.9 Å². The van der Waals surface area contributed by atoms with Gasteiger partial charge in [0.2, 0.25) is 5.88 Å². The van der Waals surface area contributed by atoms with Gasteiger partial charge >= 0.3 is 5.97 Å². The van der Waals surface area contributed by atoms with Crippen LogP contribution in [0.1, 0.15) is 10.4 Å². The first-order valence-electron chi connectivity index (χ1n) is 5.01. The van der Waals surface area contributed by atoms with Crippen molar-refractivity contribution in [1.82, 2.24) is 9.97 Å². The highest BCUT2D eigenvalue weighted by Crippen LogP contribution is 2.28. The van der Waals surface area contributed by atoms with E-state index in [4.69, 9.17) is 9.84 Å². The van der Waals surface area contributed by atoms with Crippen LogP contribution in [0.5, 0.6) is 5.88 Å². The maximum Gasteiger partial charge on any atom is 0.336 e. The van der Waals surface area contributed by atoms with Crippen LogP contribution in [-0.2, 0) is 0 Å². The molecule has 18 heavy (non-hydrogen) atoms. The van der Waals surface area contributed by atoms with Crippen LogP contribution in [0, 0.1) is 0 Å². The van der Waals surface area contributed by atoms with E-state index >= 15 is 0 Å². The highest BCUT2D eigenvalue weighted by Gasteiger charge is 2.13. The number of methoxy groups -OCH3 is 1. The third kappa shape index (κ3) is 2.33. The lowest BCUT2D eigenvalue weighted by Gasteiger charge is -2.07. The molecule has 0 spiro atoms. The minimum absolute atomic E-state index is 0.167. The third-order valence-electron chi connectivity index (χ3n) is 2.33. The zero-order valence-electron chi connectivity index (χ0n) is 9.42. The number of carbonyl (C=O) groups is 1. The lowest BCUT2D eigenvalue weighted by molar-refractivity contribution is 0.0696. The molecule has 1 heterocycles. The molecular weight excluding hydrogens is 300 g/mol. The van der Waals surface area contributed by atoms with Gasteiger partial charge in [-0.2, -0.15) is 0 Å². The van der Waals surface area contributed by atoms with Crippen LogP contribution in [0.2, 0.25) is 0 Å². The van der Waals surface area contributed by atoms with E-state index in [0.717, 1.165) is 0 Å². The standard InChI is InChI=1S/C12H9BrN2O3/c1-18-11-10(14-4-5-15-11)7-2-3-9(13)8(6-7)12(16)17/h2-6H,1H3,(H,16,17). The van der Waals surface area contributed by atoms with Gasteiger partial charge in [0.05, 0.1) is 12.7 Å². The quantitative estimate of drug-likeness (QED) is 0.943. The van der Waals surface area contributed by atoms with E-state index in [-0.39, 0.29) is 5.56 Å². The van der Waals surface area contributed by atoms with Crippen LogP contribution in [0.25, 0.3) is 11.3 Å². The first-order valence-corrected chi connectivity index (χ1v) is 5.81. The first kappa shape index (κ1) is 12.5. The SMILES string of the molecule is COc1nccnc1-c1ccc(Br)c(C(=O)O)c1. The Labute approximate surface area is 112 Å². The van der Waals surface area contributed by atoms with Gasteiger partial charge < -0.3 is 9.84 Å². The average Bonchev–Trinajstić information content (AvgIpc) is 2.39. The Morgan fingerprint density at radius 1 is 1.33 bits per heavy atom. The molecule has 0 bridgehead atoms. The number of halogens is 1. The molecule has 92 valence electrons. The second-order valence-electron chi connectivity index (χ2n) is 3.41. The number of nitrogens with zero attached hydrogens (tertiary/aromatic N) is 2. The molecule has 0 saturated heterocycles. The monoisotopic (exact) mass is 308 g/mol. The molecule has 0 aliphatic carbocycles. The summed E-state index contributed by atoms with van der Waals surface area (Å²) in [6.07, 6.45) is 3.04. The molecule has 0 aliphatic rings. The number of hydrogen-bond acceptors (Lipinski definition) is 4. The summed E-state index contributed by atoms with van der Waals surface area (Å²) < 4.78 is 5.61. The zero-order valence-corrected chi connectivity index (χ0v) is 11.0. The summed E-state index contributed by atoms with van der Waals surface area (Å²) in [5, 5.41) is 9.07. The van der Waals surface area contributed by atoms with Gasteiger partial charge in [0.15, 0.2) is 0 Å². The number of benzene rings is 1. The Morgan fingerprint density at radius 2 is 2.06 bits per heavy atom. The van der Waals surface area contributed by atoms with Crippen LogP contribution in [0.4, 0.5) is 0 Å². The molecule has 0 unspecified atom stereocenters. The summed E-state index contributed by atoms with van der Waals surface area (Å²) in [6, 6.07) is 4.94. The van der Waals surface area contributed by atoms with Crippen molar-refractivity contribution in [2.75, 3.05) is 7.11 Å². The molecule has 0 aliphatic heterocycles. The molecule has 2 rings (SSSR count). The fourth-order valence-electron chi connectivity index (χ4n) is 1.51. The normalized spacial score (nSPS) is 10.1. The van der Waals surface area contributed by atoms with Gasteiger partial charge in [0.25, 0.3) is 0 Å². The number of carboxylic acid groups (broad SMARTS) is 1. The highest BCUT2D eigenvalue weighted by atomic mass is 79.9. The van der Waals surface area contributed by atoms with Crippen molar-refractivity contribution in [3.63, 3.8) is 0 Å². The first-order chi connectivity index (χ1) is 8.63. The van der Waals surface area contributed by atoms with E-state index in [1.807, 2.05) is 0 Å². The average molecular weight is 309 g/mol. The summed E-state index contributed by atoms with van der Waals surface area (Å²) in [5.74, 6) is -0.650. The Bertz CT molecular complexity index is 602. The number of ether oxygens (including phenoxy) is 1. The molecule has 0 fully saturated rings. The predicted molar refractivity (Wildman–Crippen MR) is 68.7 cm³/mol. The van der Waals surface area contributed by atoms with Crippen LogP contribution in [0.3, 0.4) is 0 Å². The largest absolute Gasteiger partial charge is 0.479 e. The molecule has 0 saturated carbocycles. The van der Waals surface area contributed by atoms with Crippen molar-refractivity contribution in [2.24, 2.45) is 0 Å². The Balaban J connectivity index is 2.58. The molecule has 1 aromatic heterocycles. The highest BCUT2D eigenvalue weighted by molar-refractivity contribution is 9.10. The minimum Gasteiger partial charge on any atom is -0.479 e. The third-order valence-corrected chi connectivity index (χ3v) is 3.02. The number of carboxylic acids is 1. The minimum atomic E-state index is -1.01. The zero-order chi connectivity index (χ0) is 13.1. The van der Waals surface area contributed by atoms with Crippen molar-refractivity contribution < 1.29 is 14.6 Å². The van der Waals surface area contributed by atoms with Crippen molar-refractivity contribution in [3.05, 3.63) is 40.6 Å². The van der Waals surface area contributed by atoms with Crippen molar-refractivity contribution in [2.45, 2.75) is 0 Å². The van der Waals surface area contributed by atoms with Gasteiger partial charge in [-0.05, 0) is 28.1 Å². The Hall–Kier alpha value is -1.95. The van der Waals surface area contributed by atoms with Gasteiger partial charge in [-0.3, -0.25) is 0 Å². The predicted octanol–water partition coefficient (Wildman–Crippen LogP) is 2.61. The summed E-state index contributed by atoms with van der Waals surface area (Å²) in [4.78, 5) is 19.2. The van der Waals surface area contributed by atoms with Crippen LogP contribution in [-0.4, -0.2) is 28.2 Å². The number of hydrogen-bond donors (Lipinski definition) is 1. The van der Waals surface area contributed by atoms with Crippen LogP contribution < -0.4 is 4.74 Å². The molecule has 0 radical (unpaired) electrons. The van der Waals surface area contributed by atoms with Gasteiger partial charge in [0.1, 0.15) is 5.69 Å². The van der Waals surface area contributed by atoms with Gasteiger partial charge in [0, 0.05) is 22.4 Å². The van der Waals surface area contributed by atoms with Gasteiger partial charge in [-0.15, -0.1) is 0 Å². The molecule has 0 amide bonds. The van der Waals surface area contributed by atoms with Crippen LogP contribution >= 0.6 is 15.9 Å². The Kier molecular flexibility index (Phi) is 3.57. The summed E-state index contributed by atoms with van der Waals surface area (Å²) >= 11 is 3.19. The van der Waals surface area contributed by atoms with E-state index in [2.05, 4.69) is 25.9 Å². The smallest absolute Gasteiger partial charge is 0.336 e. The lowest BCUT2D eigenvalue weighted by Crippen LogP contribution is -1.99. The maximum absolute atomic E-state index is 11.1. The molecule has 0 atom stereocenters. The molecule has 1 aromatic carbocycles. The second kappa shape index (κ2) is 5.14. The van der Waals surface area contributed by atoms with Crippen molar-refractivity contribution in [1.29, 1.82) is 0 Å². The Morgan fingerprint density at radius 3 is 2.72 bits per heavy atom. The fourth-order valence-corrected chi connectivity index (χ4v) is 1.93. The summed E-state index contributed by atoms with van der Waals surface area (Å²) in [5.41, 5.74) is 1.32. The lowest BCUT2D eigenvalue weighted by atomic mass is 10.1. The second-order valence-corrected chi connectivity index (χ2v) is 4.27. The topological polar surface area (TPSA) is 72.3 Å². The molecule has 1 N–H and O–H groups in total. The van der Waals surface area contributed by atoms with Crippen molar-refractivity contribution in [3.8, 4) is 17.1 Å². The summed E-state index contributed by atoms with van der Waals surface area (Å²) in [7, 11) is 1.49. The van der Waals surface area contributed by atoms with E-state index in [1.165, 1.54) is 25.6 Å². The van der Waals surface area contributed by atoms with Gasteiger partial charge in [-0.1, -0.05) is 6.07 Å². The van der Waals surface area contributed by atoms with E-state index in [9.17, 15) is 4.79 Å². The number of aromatic carboxylic acids is 1. The molecule has 6 heteroatoms. The van der Waals surface area contributed by atoms with E-state index in [0.29, 0.717) is 21.6 Å². The maximum atomic E-state index is 11.1. The van der Waals surface area contributed by atoms with E-state index < -0.39 is 5.97 Å². The van der Waals surface area contributed by atoms with E-state index in [1.54, 1.807) is 12.1 Å². The summed E-state index contributed by atoms with van der Waals surface area (Å²) in [6.45, 7) is 0. The molecule has 2 aromatic rings. The van der Waals surface area contributed by atoms with Gasteiger partial charge in [-0.25, -0.2) is 14.8 Å². The number of rotatable bonds is 3. The fraction of sp³-hybridized carbons (Fsp3) is 0.0833. The number of aromatic nitrogens is 2. The molecular formula is C12H9BrN2O3. The van der Waals surface area contributed by atoms with Crippen LogP contribution in [0.15, 0.2) is 35.1 Å².